The quantitative estimate of drug-likeness (QED) is 0.533. The Kier molecular flexibility index (Phi) is 6.08. The Bertz CT molecular complexity index is 1240. The van der Waals surface area contributed by atoms with Gasteiger partial charge >= 0.3 is 0 Å². The Morgan fingerprint density at radius 1 is 1.10 bits per heavy atom. The summed E-state index contributed by atoms with van der Waals surface area (Å²) in [6, 6.07) is 10.1. The van der Waals surface area contributed by atoms with Crippen LogP contribution in [0.15, 0.2) is 68.0 Å². The van der Waals surface area contributed by atoms with Gasteiger partial charge in [-0.15, -0.1) is 0 Å². The zero-order valence-electron chi connectivity index (χ0n) is 15.0. The Hall–Kier alpha value is -2.27. The first-order chi connectivity index (χ1) is 13.6. The van der Waals surface area contributed by atoms with E-state index >= 15 is 0 Å². The summed E-state index contributed by atoms with van der Waals surface area (Å²) in [6.45, 7) is -0.182. The minimum atomic E-state index is -4.37. The van der Waals surface area contributed by atoms with Crippen LogP contribution in [0.1, 0.15) is 0 Å². The summed E-state index contributed by atoms with van der Waals surface area (Å²) in [5.74, 6) is -1.48. The molecule has 0 saturated heterocycles. The lowest BCUT2D eigenvalue weighted by Gasteiger charge is -2.05. The first-order valence-corrected chi connectivity index (χ1v) is 11.7. The van der Waals surface area contributed by atoms with Crippen LogP contribution in [0.25, 0.3) is 11.5 Å². The van der Waals surface area contributed by atoms with Crippen LogP contribution in [0.5, 0.6) is 0 Å². The van der Waals surface area contributed by atoms with Crippen LogP contribution in [0, 0.1) is 5.82 Å². The first-order valence-electron chi connectivity index (χ1n) is 8.14. The van der Waals surface area contributed by atoms with Crippen molar-refractivity contribution in [3.63, 3.8) is 0 Å². The van der Waals surface area contributed by atoms with E-state index in [1.165, 1.54) is 49.6 Å². The second kappa shape index (κ2) is 8.23. The number of aromatic nitrogens is 1. The van der Waals surface area contributed by atoms with Crippen molar-refractivity contribution in [1.29, 1.82) is 0 Å². The number of halogens is 2. The number of sulfone groups is 2. The summed E-state index contributed by atoms with van der Waals surface area (Å²) in [5.41, 5.74) is 0.0887. The van der Waals surface area contributed by atoms with Crippen molar-refractivity contribution in [3.05, 3.63) is 59.4 Å². The number of rotatable bonds is 7. The lowest BCUT2D eigenvalue weighted by molar-refractivity contribution is 0.216. The van der Waals surface area contributed by atoms with Crippen LogP contribution in [0.2, 0.25) is 5.02 Å². The van der Waals surface area contributed by atoms with Crippen molar-refractivity contribution < 1.29 is 30.4 Å². The molecule has 29 heavy (non-hydrogen) atoms. The Morgan fingerprint density at radius 2 is 1.79 bits per heavy atom. The zero-order chi connectivity index (χ0) is 21.2. The van der Waals surface area contributed by atoms with Crippen LogP contribution in [-0.4, -0.2) is 41.3 Å². The Balaban J connectivity index is 2.22. The average molecular weight is 460 g/mol. The molecule has 2 aromatic carbocycles. The second-order valence-corrected chi connectivity index (χ2v) is 10.2. The lowest BCUT2D eigenvalue weighted by Crippen LogP contribution is -2.15. The van der Waals surface area contributed by atoms with E-state index < -0.39 is 41.4 Å². The largest absolute Gasteiger partial charge is 0.423 e. The predicted octanol–water partition coefficient (Wildman–Crippen LogP) is 3.39. The lowest BCUT2D eigenvalue weighted by atomic mass is 10.2. The molecular weight excluding hydrogens is 445 g/mol. The molecule has 0 aliphatic rings. The van der Waals surface area contributed by atoms with E-state index in [0.29, 0.717) is 5.02 Å². The summed E-state index contributed by atoms with van der Waals surface area (Å²) in [6.07, 6.45) is 0. The number of methoxy groups -OCH3 is 1. The van der Waals surface area contributed by atoms with Crippen molar-refractivity contribution in [1.82, 2.24) is 4.98 Å². The van der Waals surface area contributed by atoms with Gasteiger partial charge in [-0.25, -0.2) is 21.2 Å². The van der Waals surface area contributed by atoms with Crippen LogP contribution in [0.3, 0.4) is 0 Å². The van der Waals surface area contributed by atoms with E-state index in [9.17, 15) is 21.2 Å². The van der Waals surface area contributed by atoms with E-state index in [2.05, 4.69) is 4.98 Å². The molecule has 0 saturated carbocycles. The predicted molar refractivity (Wildman–Crippen MR) is 103 cm³/mol. The molecular formula is C18H15ClFNO6S2. The fourth-order valence-electron chi connectivity index (χ4n) is 2.41. The number of nitrogens with zero attached hydrogens (tertiary/aromatic N) is 1. The highest BCUT2D eigenvalue weighted by Crippen LogP contribution is 2.32. The third kappa shape index (κ3) is 4.50. The number of benzene rings is 2. The van der Waals surface area contributed by atoms with Crippen LogP contribution >= 0.6 is 11.6 Å². The molecule has 154 valence electrons. The molecule has 0 aliphatic heterocycles. The smallest absolute Gasteiger partial charge is 0.258 e. The molecule has 0 atom stereocenters. The zero-order valence-corrected chi connectivity index (χ0v) is 17.4. The van der Waals surface area contributed by atoms with Crippen molar-refractivity contribution in [2.24, 2.45) is 0 Å². The topological polar surface area (TPSA) is 104 Å². The van der Waals surface area contributed by atoms with E-state index in [4.69, 9.17) is 20.8 Å². The molecule has 0 unspecified atom stereocenters. The van der Waals surface area contributed by atoms with Gasteiger partial charge in [0.15, 0.2) is 0 Å². The number of oxazole rings is 1. The Labute approximate surface area is 171 Å². The maximum absolute atomic E-state index is 13.6. The number of hydrogen-bond acceptors (Lipinski definition) is 7. The Morgan fingerprint density at radius 3 is 2.41 bits per heavy atom. The summed E-state index contributed by atoms with van der Waals surface area (Å²) in [4.78, 5) is 3.67. The molecule has 1 aromatic heterocycles. The van der Waals surface area contributed by atoms with Gasteiger partial charge in [-0.1, -0.05) is 17.7 Å². The summed E-state index contributed by atoms with van der Waals surface area (Å²) < 4.78 is 75.1. The third-order valence-electron chi connectivity index (χ3n) is 3.86. The molecule has 0 aliphatic carbocycles. The molecule has 1 heterocycles. The SMILES string of the molecule is COCCS(=O)(=O)c1oc(-c2cccc(F)c2)nc1S(=O)(=O)c1ccc(Cl)cc1. The van der Waals surface area contributed by atoms with Crippen molar-refractivity contribution in [3.8, 4) is 11.5 Å². The molecule has 3 rings (SSSR count). The van der Waals surface area contributed by atoms with Crippen molar-refractivity contribution in [2.75, 3.05) is 19.5 Å². The number of hydrogen-bond donors (Lipinski definition) is 0. The monoisotopic (exact) mass is 459 g/mol. The highest BCUT2D eigenvalue weighted by molar-refractivity contribution is 7.94. The highest BCUT2D eigenvalue weighted by Gasteiger charge is 2.35. The van der Waals surface area contributed by atoms with Gasteiger partial charge in [0.05, 0.1) is 17.3 Å². The molecule has 0 N–H and O–H groups in total. The molecule has 3 aromatic rings. The van der Waals surface area contributed by atoms with E-state index in [1.807, 2.05) is 0 Å². The van der Waals surface area contributed by atoms with Crippen molar-refractivity contribution >= 4 is 31.3 Å². The average Bonchev–Trinajstić information content (AvgIpc) is 3.14. The molecule has 7 nitrogen and oxygen atoms in total. The number of ether oxygens (including phenoxy) is 1. The van der Waals surface area contributed by atoms with Gasteiger partial charge in [0.1, 0.15) is 5.82 Å². The first kappa shape index (κ1) is 21.4. The fourth-order valence-corrected chi connectivity index (χ4v) is 5.52. The maximum Gasteiger partial charge on any atom is 0.258 e. The molecule has 0 radical (unpaired) electrons. The molecule has 11 heteroatoms. The van der Waals surface area contributed by atoms with Crippen molar-refractivity contribution in [2.45, 2.75) is 15.0 Å². The van der Waals surface area contributed by atoms with Crippen LogP contribution < -0.4 is 0 Å². The highest BCUT2D eigenvalue weighted by atomic mass is 35.5. The van der Waals surface area contributed by atoms with Gasteiger partial charge in [-0.2, -0.15) is 4.98 Å². The maximum atomic E-state index is 13.6. The molecule has 0 spiro atoms. The van der Waals surface area contributed by atoms with Gasteiger partial charge in [-0.05, 0) is 42.5 Å². The minimum absolute atomic E-state index is 0.0887. The van der Waals surface area contributed by atoms with Gasteiger partial charge in [0.25, 0.3) is 5.09 Å². The molecule has 0 bridgehead atoms. The summed E-state index contributed by atoms with van der Waals surface area (Å²) in [5, 5.41) is -1.31. The van der Waals surface area contributed by atoms with E-state index in [1.54, 1.807) is 0 Å². The minimum Gasteiger partial charge on any atom is -0.423 e. The second-order valence-electron chi connectivity index (χ2n) is 5.89. The third-order valence-corrected chi connectivity index (χ3v) is 7.46. The van der Waals surface area contributed by atoms with E-state index in [-0.39, 0.29) is 23.0 Å². The van der Waals surface area contributed by atoms with Gasteiger partial charge in [0.2, 0.25) is 30.6 Å². The normalized spacial score (nSPS) is 12.2. The van der Waals surface area contributed by atoms with Crippen LogP contribution in [0.4, 0.5) is 4.39 Å². The standard InChI is InChI=1S/C18H15ClFNO6S2/c1-26-9-10-28(22,23)18-17(29(24,25)15-7-5-13(19)6-8-15)21-16(27-18)12-3-2-4-14(20)11-12/h2-8,11H,9-10H2,1H3. The molecule has 0 amide bonds. The van der Waals surface area contributed by atoms with E-state index in [0.717, 1.165) is 6.07 Å². The molecule has 0 fully saturated rings. The summed E-state index contributed by atoms with van der Waals surface area (Å²) >= 11 is 5.79. The van der Waals surface area contributed by atoms with Gasteiger partial charge in [0, 0.05) is 17.7 Å². The fraction of sp³-hybridized carbons (Fsp3) is 0.167. The van der Waals surface area contributed by atoms with Crippen LogP contribution in [-0.2, 0) is 24.4 Å². The summed E-state index contributed by atoms with van der Waals surface area (Å²) in [7, 11) is -7.27. The van der Waals surface area contributed by atoms with Gasteiger partial charge < -0.3 is 9.15 Å². The van der Waals surface area contributed by atoms with Gasteiger partial charge in [-0.3, -0.25) is 0 Å².